The van der Waals surface area contributed by atoms with Gasteiger partial charge in [-0.25, -0.2) is 4.98 Å². The number of anilines is 2. The molecule has 0 spiro atoms. The molecule has 7 nitrogen and oxygen atoms in total. The van der Waals surface area contributed by atoms with Crippen LogP contribution in [0.4, 0.5) is 11.8 Å². The van der Waals surface area contributed by atoms with Crippen LogP contribution in [0.5, 0.6) is 5.75 Å². The lowest BCUT2D eigenvalue weighted by Gasteiger charge is -2.11. The number of methoxy groups -OCH3 is 1. The summed E-state index contributed by atoms with van der Waals surface area (Å²) in [6.07, 6.45) is 4.06. The van der Waals surface area contributed by atoms with Gasteiger partial charge in [-0.2, -0.15) is 10.1 Å². The van der Waals surface area contributed by atoms with Crippen LogP contribution in [0.3, 0.4) is 0 Å². The van der Waals surface area contributed by atoms with E-state index in [-0.39, 0.29) is 5.95 Å². The zero-order valence-electron chi connectivity index (χ0n) is 14.9. The molecule has 0 bridgehead atoms. The lowest BCUT2D eigenvalue weighted by molar-refractivity contribution is 0.407. The standard InChI is InChI=1S/C18H24N6O/c1-4-5-9-20-17-16-14(21-18(19)22-17)11-24(23-16)10-13-12(2)7-6-8-15(13)25-3/h6-8,11H,4-5,9-10H2,1-3H3,(H3,19,20,21,22). The third kappa shape index (κ3) is 3.65. The first-order valence-corrected chi connectivity index (χ1v) is 8.49. The van der Waals surface area contributed by atoms with Gasteiger partial charge in [0.05, 0.1) is 19.9 Å². The van der Waals surface area contributed by atoms with Gasteiger partial charge in [-0.3, -0.25) is 4.68 Å². The van der Waals surface area contributed by atoms with Crippen molar-refractivity contribution < 1.29 is 4.74 Å². The maximum absolute atomic E-state index is 5.84. The normalized spacial score (nSPS) is 11.0. The van der Waals surface area contributed by atoms with E-state index in [1.165, 1.54) is 0 Å². The van der Waals surface area contributed by atoms with E-state index in [1.54, 1.807) is 7.11 Å². The van der Waals surface area contributed by atoms with Gasteiger partial charge >= 0.3 is 0 Å². The second kappa shape index (κ2) is 7.38. The van der Waals surface area contributed by atoms with E-state index in [1.807, 2.05) is 23.0 Å². The lowest BCUT2D eigenvalue weighted by atomic mass is 10.1. The molecule has 2 aromatic heterocycles. The second-order valence-electron chi connectivity index (χ2n) is 6.03. The van der Waals surface area contributed by atoms with Crippen LogP contribution in [0.15, 0.2) is 24.4 Å². The summed E-state index contributed by atoms with van der Waals surface area (Å²) in [6, 6.07) is 6.01. The minimum absolute atomic E-state index is 0.250. The van der Waals surface area contributed by atoms with E-state index in [4.69, 9.17) is 10.5 Å². The Morgan fingerprint density at radius 2 is 2.12 bits per heavy atom. The third-order valence-corrected chi connectivity index (χ3v) is 4.16. The Labute approximate surface area is 147 Å². The smallest absolute Gasteiger partial charge is 0.222 e. The number of ether oxygens (including phenoxy) is 1. The van der Waals surface area contributed by atoms with E-state index in [0.717, 1.165) is 47.3 Å². The predicted molar refractivity (Wildman–Crippen MR) is 100.0 cm³/mol. The van der Waals surface area contributed by atoms with Gasteiger partial charge in [-0.05, 0) is 25.0 Å². The summed E-state index contributed by atoms with van der Waals surface area (Å²) in [5, 5.41) is 7.97. The molecule has 0 amide bonds. The third-order valence-electron chi connectivity index (χ3n) is 4.16. The molecule has 0 fully saturated rings. The highest BCUT2D eigenvalue weighted by molar-refractivity contribution is 5.85. The van der Waals surface area contributed by atoms with Crippen molar-refractivity contribution in [1.29, 1.82) is 0 Å². The van der Waals surface area contributed by atoms with Gasteiger partial charge in [0.2, 0.25) is 5.95 Å². The molecule has 0 saturated heterocycles. The quantitative estimate of drug-likeness (QED) is 0.643. The van der Waals surface area contributed by atoms with Crippen LogP contribution in [0.25, 0.3) is 11.0 Å². The molecule has 1 aromatic carbocycles. The molecule has 25 heavy (non-hydrogen) atoms. The van der Waals surface area contributed by atoms with Crippen LogP contribution in [0.2, 0.25) is 0 Å². The molecule has 3 N–H and O–H groups in total. The van der Waals surface area contributed by atoms with Crippen molar-refractivity contribution in [1.82, 2.24) is 19.7 Å². The second-order valence-corrected chi connectivity index (χ2v) is 6.03. The van der Waals surface area contributed by atoms with E-state index in [9.17, 15) is 0 Å². The van der Waals surface area contributed by atoms with Crippen LogP contribution >= 0.6 is 0 Å². The van der Waals surface area contributed by atoms with Crippen molar-refractivity contribution in [2.45, 2.75) is 33.2 Å². The number of fused-ring (bicyclic) bond motifs is 1. The van der Waals surface area contributed by atoms with Crippen LogP contribution < -0.4 is 15.8 Å². The zero-order valence-corrected chi connectivity index (χ0v) is 14.9. The highest BCUT2D eigenvalue weighted by Gasteiger charge is 2.13. The highest BCUT2D eigenvalue weighted by atomic mass is 16.5. The number of nitrogen functional groups attached to an aromatic ring is 1. The van der Waals surface area contributed by atoms with Crippen LogP contribution in [0.1, 0.15) is 30.9 Å². The number of nitrogens with zero attached hydrogens (tertiary/aromatic N) is 4. The molecule has 3 rings (SSSR count). The van der Waals surface area contributed by atoms with Gasteiger partial charge < -0.3 is 15.8 Å². The molecule has 0 saturated carbocycles. The van der Waals surface area contributed by atoms with E-state index in [2.05, 4.69) is 40.3 Å². The lowest BCUT2D eigenvalue weighted by Crippen LogP contribution is -2.07. The highest BCUT2D eigenvalue weighted by Crippen LogP contribution is 2.25. The minimum atomic E-state index is 0.250. The van der Waals surface area contributed by atoms with Crippen molar-refractivity contribution in [3.63, 3.8) is 0 Å². The van der Waals surface area contributed by atoms with Crippen LogP contribution in [-0.4, -0.2) is 33.4 Å². The van der Waals surface area contributed by atoms with Gasteiger partial charge in [0.15, 0.2) is 11.3 Å². The van der Waals surface area contributed by atoms with Crippen molar-refractivity contribution >= 4 is 22.8 Å². The molecule has 0 aliphatic rings. The topological polar surface area (TPSA) is 90.9 Å². The number of nitrogens with one attached hydrogen (secondary N) is 1. The molecule has 0 aliphatic carbocycles. The van der Waals surface area contributed by atoms with Crippen LogP contribution in [-0.2, 0) is 6.54 Å². The Balaban J connectivity index is 1.95. The first-order chi connectivity index (χ1) is 12.1. The zero-order chi connectivity index (χ0) is 17.8. The fourth-order valence-electron chi connectivity index (χ4n) is 2.80. The minimum Gasteiger partial charge on any atom is -0.496 e. The summed E-state index contributed by atoms with van der Waals surface area (Å²) >= 11 is 0. The summed E-state index contributed by atoms with van der Waals surface area (Å²) in [6.45, 7) is 5.65. The van der Waals surface area contributed by atoms with Gasteiger partial charge in [0.25, 0.3) is 0 Å². The summed E-state index contributed by atoms with van der Waals surface area (Å²) in [7, 11) is 1.68. The molecule has 2 heterocycles. The summed E-state index contributed by atoms with van der Waals surface area (Å²) in [4.78, 5) is 8.60. The number of nitrogens with two attached hydrogens (primary N) is 1. The van der Waals surface area contributed by atoms with Gasteiger partial charge in [-0.1, -0.05) is 25.5 Å². The predicted octanol–water partition coefficient (Wildman–Crippen LogP) is 2.99. The van der Waals surface area contributed by atoms with Crippen molar-refractivity contribution in [3.8, 4) is 5.75 Å². The fraction of sp³-hybridized carbons (Fsp3) is 0.389. The van der Waals surface area contributed by atoms with E-state index in [0.29, 0.717) is 12.4 Å². The van der Waals surface area contributed by atoms with Crippen molar-refractivity contribution in [2.75, 3.05) is 24.7 Å². The van der Waals surface area contributed by atoms with Crippen molar-refractivity contribution in [3.05, 3.63) is 35.5 Å². The fourth-order valence-corrected chi connectivity index (χ4v) is 2.80. The Kier molecular flexibility index (Phi) is 5.02. The largest absolute Gasteiger partial charge is 0.496 e. The number of hydrogen-bond acceptors (Lipinski definition) is 6. The average Bonchev–Trinajstić information content (AvgIpc) is 2.99. The first kappa shape index (κ1) is 17.0. The Morgan fingerprint density at radius 3 is 2.88 bits per heavy atom. The van der Waals surface area contributed by atoms with Gasteiger partial charge in [0, 0.05) is 12.1 Å². The molecule has 0 atom stereocenters. The number of rotatable bonds is 7. The van der Waals surface area contributed by atoms with E-state index < -0.39 is 0 Å². The summed E-state index contributed by atoms with van der Waals surface area (Å²) in [5.41, 5.74) is 9.57. The maximum atomic E-state index is 5.84. The molecule has 132 valence electrons. The Hall–Kier alpha value is -2.83. The SMILES string of the molecule is CCCCNc1nc(N)nc2cn(Cc3c(C)cccc3OC)nc12. The number of hydrogen-bond donors (Lipinski definition) is 2. The van der Waals surface area contributed by atoms with Gasteiger partial charge in [-0.15, -0.1) is 0 Å². The molecular weight excluding hydrogens is 316 g/mol. The molecule has 7 heteroatoms. The van der Waals surface area contributed by atoms with Crippen molar-refractivity contribution in [2.24, 2.45) is 0 Å². The monoisotopic (exact) mass is 340 g/mol. The Morgan fingerprint density at radius 1 is 1.28 bits per heavy atom. The number of benzene rings is 1. The summed E-state index contributed by atoms with van der Waals surface area (Å²) < 4.78 is 7.34. The maximum Gasteiger partial charge on any atom is 0.222 e. The average molecular weight is 340 g/mol. The summed E-state index contributed by atoms with van der Waals surface area (Å²) in [5.74, 6) is 1.79. The van der Waals surface area contributed by atoms with E-state index >= 15 is 0 Å². The first-order valence-electron chi connectivity index (χ1n) is 8.49. The van der Waals surface area contributed by atoms with Crippen LogP contribution in [0, 0.1) is 6.92 Å². The molecule has 3 aromatic rings. The molecule has 0 aliphatic heterocycles. The Bertz CT molecular complexity index is 873. The number of aromatic nitrogens is 4. The molecular formula is C18H24N6O. The number of aryl methyl sites for hydroxylation is 1. The van der Waals surface area contributed by atoms with Gasteiger partial charge in [0.1, 0.15) is 11.3 Å². The molecule has 0 radical (unpaired) electrons. The number of unbranched alkanes of at least 4 members (excludes halogenated alkanes) is 1. The molecule has 0 unspecified atom stereocenters.